The molecule has 1 fully saturated rings. The van der Waals surface area contributed by atoms with Crippen LogP contribution in [0.2, 0.25) is 10.0 Å². The SMILES string of the molecule is CC1CCC(C(N)c2cc(Cl)cc(Cl)c2)CC1. The number of halogens is 2. The Labute approximate surface area is 113 Å². The van der Waals surface area contributed by atoms with Crippen LogP contribution < -0.4 is 5.73 Å². The first-order valence-corrected chi connectivity index (χ1v) is 7.03. The Hall–Kier alpha value is -0.240. The molecule has 94 valence electrons. The van der Waals surface area contributed by atoms with Crippen molar-refractivity contribution >= 4 is 23.2 Å². The summed E-state index contributed by atoms with van der Waals surface area (Å²) in [5, 5.41) is 1.35. The summed E-state index contributed by atoms with van der Waals surface area (Å²) >= 11 is 12.0. The van der Waals surface area contributed by atoms with E-state index in [-0.39, 0.29) is 6.04 Å². The van der Waals surface area contributed by atoms with Crippen molar-refractivity contribution in [1.29, 1.82) is 0 Å². The number of nitrogens with two attached hydrogens (primary N) is 1. The van der Waals surface area contributed by atoms with Crippen LogP contribution in [-0.2, 0) is 0 Å². The van der Waals surface area contributed by atoms with Gasteiger partial charge in [0, 0.05) is 16.1 Å². The number of benzene rings is 1. The summed E-state index contributed by atoms with van der Waals surface area (Å²) in [6.07, 6.45) is 5.00. The molecule has 1 saturated carbocycles. The summed E-state index contributed by atoms with van der Waals surface area (Å²) in [5.41, 5.74) is 7.41. The molecule has 3 heteroatoms. The predicted octanol–water partition coefficient (Wildman–Crippen LogP) is 4.82. The van der Waals surface area contributed by atoms with Gasteiger partial charge in [-0.15, -0.1) is 0 Å². The molecule has 2 rings (SSSR count). The quantitative estimate of drug-likeness (QED) is 0.820. The summed E-state index contributed by atoms with van der Waals surface area (Å²) < 4.78 is 0. The van der Waals surface area contributed by atoms with Crippen LogP contribution in [0.15, 0.2) is 18.2 Å². The summed E-state index contributed by atoms with van der Waals surface area (Å²) in [5.74, 6) is 1.42. The van der Waals surface area contributed by atoms with Gasteiger partial charge in [-0.1, -0.05) is 43.0 Å². The van der Waals surface area contributed by atoms with E-state index in [0.717, 1.165) is 11.5 Å². The third kappa shape index (κ3) is 3.37. The normalized spacial score (nSPS) is 26.8. The molecule has 1 aliphatic rings. The second-order valence-corrected chi connectivity index (χ2v) is 6.12. The molecule has 2 N–H and O–H groups in total. The van der Waals surface area contributed by atoms with E-state index in [9.17, 15) is 0 Å². The molecule has 0 spiro atoms. The Bertz CT molecular complexity index is 364. The molecule has 0 bridgehead atoms. The van der Waals surface area contributed by atoms with Crippen molar-refractivity contribution in [2.75, 3.05) is 0 Å². The minimum absolute atomic E-state index is 0.0682. The maximum atomic E-state index is 6.34. The van der Waals surface area contributed by atoms with E-state index in [2.05, 4.69) is 6.92 Å². The average Bonchev–Trinajstić information content (AvgIpc) is 2.28. The fourth-order valence-electron chi connectivity index (χ4n) is 2.68. The van der Waals surface area contributed by atoms with Gasteiger partial charge < -0.3 is 5.73 Å². The predicted molar refractivity (Wildman–Crippen MR) is 74.5 cm³/mol. The van der Waals surface area contributed by atoms with Crippen LogP contribution >= 0.6 is 23.2 Å². The van der Waals surface area contributed by atoms with Gasteiger partial charge in [-0.2, -0.15) is 0 Å². The lowest BCUT2D eigenvalue weighted by Crippen LogP contribution is -2.25. The van der Waals surface area contributed by atoms with Crippen LogP contribution in [0.1, 0.15) is 44.2 Å². The van der Waals surface area contributed by atoms with Crippen LogP contribution in [0.4, 0.5) is 0 Å². The molecule has 0 saturated heterocycles. The first kappa shape index (κ1) is 13.2. The van der Waals surface area contributed by atoms with Crippen molar-refractivity contribution < 1.29 is 0 Å². The van der Waals surface area contributed by atoms with Gasteiger partial charge in [0.05, 0.1) is 0 Å². The molecule has 1 unspecified atom stereocenters. The Balaban J connectivity index is 2.10. The van der Waals surface area contributed by atoms with E-state index < -0.39 is 0 Å². The lowest BCUT2D eigenvalue weighted by molar-refractivity contribution is 0.256. The minimum Gasteiger partial charge on any atom is -0.324 e. The topological polar surface area (TPSA) is 26.0 Å². The van der Waals surface area contributed by atoms with E-state index >= 15 is 0 Å². The van der Waals surface area contributed by atoms with Crippen molar-refractivity contribution in [2.45, 2.75) is 38.6 Å². The average molecular weight is 272 g/mol. The highest BCUT2D eigenvalue weighted by molar-refractivity contribution is 6.34. The lowest BCUT2D eigenvalue weighted by Gasteiger charge is -2.31. The van der Waals surface area contributed by atoms with Gasteiger partial charge >= 0.3 is 0 Å². The molecule has 0 aliphatic heterocycles. The second-order valence-electron chi connectivity index (χ2n) is 5.25. The zero-order chi connectivity index (χ0) is 12.4. The third-order valence-corrected chi connectivity index (χ3v) is 4.27. The Morgan fingerprint density at radius 1 is 1.06 bits per heavy atom. The number of hydrogen-bond donors (Lipinski definition) is 1. The summed E-state index contributed by atoms with van der Waals surface area (Å²) in [6, 6.07) is 5.70. The van der Waals surface area contributed by atoms with Crippen molar-refractivity contribution in [2.24, 2.45) is 17.6 Å². The smallest absolute Gasteiger partial charge is 0.0424 e. The van der Waals surface area contributed by atoms with Crippen LogP contribution in [0.3, 0.4) is 0 Å². The molecule has 0 amide bonds. The maximum absolute atomic E-state index is 6.34. The molecule has 0 aromatic heterocycles. The molecule has 1 nitrogen and oxygen atoms in total. The molecule has 17 heavy (non-hydrogen) atoms. The van der Waals surface area contributed by atoms with Crippen molar-refractivity contribution in [3.8, 4) is 0 Å². The molecule has 1 atom stereocenters. The molecular weight excluding hydrogens is 253 g/mol. The maximum Gasteiger partial charge on any atom is 0.0424 e. The van der Waals surface area contributed by atoms with Crippen LogP contribution in [0.5, 0.6) is 0 Å². The van der Waals surface area contributed by atoms with Crippen molar-refractivity contribution in [3.05, 3.63) is 33.8 Å². The van der Waals surface area contributed by atoms with Gasteiger partial charge in [-0.05, 0) is 48.4 Å². The summed E-state index contributed by atoms with van der Waals surface area (Å²) in [7, 11) is 0. The summed E-state index contributed by atoms with van der Waals surface area (Å²) in [6.45, 7) is 2.32. The fraction of sp³-hybridized carbons (Fsp3) is 0.571. The van der Waals surface area contributed by atoms with Gasteiger partial charge in [-0.25, -0.2) is 0 Å². The zero-order valence-electron chi connectivity index (χ0n) is 10.1. The molecule has 1 aliphatic carbocycles. The standard InChI is InChI=1S/C14H19Cl2N/c1-9-2-4-10(5-3-9)14(17)11-6-12(15)8-13(16)7-11/h6-10,14H,2-5,17H2,1H3. The minimum atomic E-state index is 0.0682. The highest BCUT2D eigenvalue weighted by Gasteiger charge is 2.24. The lowest BCUT2D eigenvalue weighted by atomic mass is 9.78. The van der Waals surface area contributed by atoms with Gasteiger partial charge in [0.15, 0.2) is 0 Å². The first-order valence-electron chi connectivity index (χ1n) is 6.28. The van der Waals surface area contributed by atoms with Crippen molar-refractivity contribution in [1.82, 2.24) is 0 Å². The van der Waals surface area contributed by atoms with E-state index in [1.54, 1.807) is 6.07 Å². The molecule has 0 heterocycles. The Morgan fingerprint density at radius 3 is 2.12 bits per heavy atom. The highest BCUT2D eigenvalue weighted by Crippen LogP contribution is 2.36. The van der Waals surface area contributed by atoms with Gasteiger partial charge in [0.1, 0.15) is 0 Å². The van der Waals surface area contributed by atoms with Gasteiger partial charge in [0.2, 0.25) is 0 Å². The largest absolute Gasteiger partial charge is 0.324 e. The second kappa shape index (κ2) is 5.60. The molecule has 1 aromatic rings. The van der Waals surface area contributed by atoms with Gasteiger partial charge in [-0.3, -0.25) is 0 Å². The monoisotopic (exact) mass is 271 g/mol. The van der Waals surface area contributed by atoms with E-state index in [0.29, 0.717) is 16.0 Å². The zero-order valence-corrected chi connectivity index (χ0v) is 11.6. The Kier molecular flexibility index (Phi) is 4.35. The highest BCUT2D eigenvalue weighted by atomic mass is 35.5. The number of rotatable bonds is 2. The third-order valence-electron chi connectivity index (χ3n) is 3.84. The van der Waals surface area contributed by atoms with E-state index in [1.165, 1.54) is 25.7 Å². The Morgan fingerprint density at radius 2 is 1.59 bits per heavy atom. The fourth-order valence-corrected chi connectivity index (χ4v) is 3.23. The molecule has 0 radical (unpaired) electrons. The summed E-state index contributed by atoms with van der Waals surface area (Å²) in [4.78, 5) is 0. The van der Waals surface area contributed by atoms with Crippen molar-refractivity contribution in [3.63, 3.8) is 0 Å². The first-order chi connectivity index (χ1) is 8.06. The van der Waals surface area contributed by atoms with Gasteiger partial charge in [0.25, 0.3) is 0 Å². The van der Waals surface area contributed by atoms with Crippen LogP contribution in [0.25, 0.3) is 0 Å². The van der Waals surface area contributed by atoms with Crippen LogP contribution in [-0.4, -0.2) is 0 Å². The molecular formula is C14H19Cl2N. The van der Waals surface area contributed by atoms with Crippen LogP contribution in [0, 0.1) is 11.8 Å². The van der Waals surface area contributed by atoms with E-state index in [4.69, 9.17) is 28.9 Å². The number of hydrogen-bond acceptors (Lipinski definition) is 1. The molecule has 1 aromatic carbocycles. The van der Waals surface area contributed by atoms with E-state index in [1.807, 2.05) is 12.1 Å².